The molecule has 1 aliphatic carbocycles. The third-order valence-electron chi connectivity index (χ3n) is 2.89. The number of hydrogen-bond donors (Lipinski definition) is 0. The molecule has 3 atom stereocenters. The minimum absolute atomic E-state index is 0.0200. The summed E-state index contributed by atoms with van der Waals surface area (Å²) in [4.78, 5) is 0. The first-order valence-corrected chi connectivity index (χ1v) is 5.38. The van der Waals surface area contributed by atoms with Crippen LogP contribution in [0.5, 0.6) is 5.75 Å². The number of halogens is 2. The van der Waals surface area contributed by atoms with Crippen molar-refractivity contribution in [3.05, 3.63) is 29.8 Å². The van der Waals surface area contributed by atoms with Crippen molar-refractivity contribution in [2.75, 3.05) is 7.11 Å². The van der Waals surface area contributed by atoms with E-state index in [4.69, 9.17) is 4.74 Å². The van der Waals surface area contributed by atoms with Crippen molar-refractivity contribution in [2.24, 2.45) is 5.92 Å². The molecule has 3 heteroatoms. The van der Waals surface area contributed by atoms with Crippen LogP contribution in [0.2, 0.25) is 0 Å². The van der Waals surface area contributed by atoms with Gasteiger partial charge in [0.1, 0.15) is 5.75 Å². The number of rotatable bonds is 2. The molecule has 1 aromatic carbocycles. The van der Waals surface area contributed by atoms with Gasteiger partial charge >= 0.3 is 0 Å². The summed E-state index contributed by atoms with van der Waals surface area (Å²) in [6.07, 6.45) is 0. The van der Waals surface area contributed by atoms with E-state index in [1.54, 1.807) is 7.11 Å². The highest BCUT2D eigenvalue weighted by Gasteiger charge is 2.62. The molecule has 1 saturated carbocycles. The second-order valence-electron chi connectivity index (χ2n) is 3.71. The number of methoxy groups -OCH3 is 1. The average molecular weight is 259 g/mol. The Labute approximate surface area is 91.4 Å². The largest absolute Gasteiger partial charge is 0.497 e. The van der Waals surface area contributed by atoms with E-state index in [9.17, 15) is 4.39 Å². The van der Waals surface area contributed by atoms with Gasteiger partial charge in [-0.15, -0.1) is 0 Å². The first kappa shape index (κ1) is 9.97. The summed E-state index contributed by atoms with van der Waals surface area (Å²) in [6.45, 7) is 1.91. The van der Waals surface area contributed by atoms with Crippen LogP contribution in [0.25, 0.3) is 0 Å². The maximum atomic E-state index is 13.6. The van der Waals surface area contributed by atoms with Gasteiger partial charge in [0.25, 0.3) is 0 Å². The minimum Gasteiger partial charge on any atom is -0.497 e. The Bertz CT molecular complexity index is 334. The molecule has 0 saturated heterocycles. The maximum absolute atomic E-state index is 13.6. The third-order valence-corrected chi connectivity index (χ3v) is 4.10. The molecular formula is C11H12BrFO. The van der Waals surface area contributed by atoms with Crippen LogP contribution < -0.4 is 4.74 Å². The van der Waals surface area contributed by atoms with Gasteiger partial charge in [0.05, 0.1) is 7.11 Å². The second kappa shape index (κ2) is 3.23. The Morgan fingerprint density at radius 1 is 1.36 bits per heavy atom. The van der Waals surface area contributed by atoms with Crippen LogP contribution in [0.1, 0.15) is 18.4 Å². The second-order valence-corrected chi connectivity index (χ2v) is 4.93. The van der Waals surface area contributed by atoms with Crippen molar-refractivity contribution < 1.29 is 9.13 Å². The standard InChI is InChI=1S/C11H12BrFO/c1-7-10(11(7,12)13)8-3-5-9(14-2)6-4-8/h3-7,10H,1-2H3/t7-,10+,11?/m1/s1. The summed E-state index contributed by atoms with van der Waals surface area (Å²) in [7, 11) is 1.62. The van der Waals surface area contributed by atoms with Crippen molar-refractivity contribution in [3.8, 4) is 5.75 Å². The lowest BCUT2D eigenvalue weighted by atomic mass is 10.1. The van der Waals surface area contributed by atoms with E-state index in [1.807, 2.05) is 31.2 Å². The summed E-state index contributed by atoms with van der Waals surface area (Å²) >= 11 is 3.09. The number of benzene rings is 1. The molecule has 76 valence electrons. The number of hydrogen-bond acceptors (Lipinski definition) is 1. The zero-order valence-electron chi connectivity index (χ0n) is 8.13. The van der Waals surface area contributed by atoms with E-state index in [2.05, 4.69) is 15.9 Å². The van der Waals surface area contributed by atoms with Crippen LogP contribution in [0.15, 0.2) is 24.3 Å². The van der Waals surface area contributed by atoms with Crippen molar-refractivity contribution in [1.29, 1.82) is 0 Å². The molecule has 0 aromatic heterocycles. The molecule has 0 radical (unpaired) electrons. The molecule has 1 fully saturated rings. The number of alkyl halides is 2. The van der Waals surface area contributed by atoms with Gasteiger partial charge in [0, 0.05) is 11.8 Å². The normalized spacial score (nSPS) is 35.4. The van der Waals surface area contributed by atoms with E-state index in [-0.39, 0.29) is 11.8 Å². The molecule has 0 bridgehead atoms. The van der Waals surface area contributed by atoms with Gasteiger partial charge in [-0.25, -0.2) is 4.39 Å². The monoisotopic (exact) mass is 258 g/mol. The van der Waals surface area contributed by atoms with Crippen LogP contribution in [0.4, 0.5) is 4.39 Å². The molecule has 0 aliphatic heterocycles. The number of ether oxygens (including phenoxy) is 1. The van der Waals surface area contributed by atoms with E-state index in [1.165, 1.54) is 0 Å². The SMILES string of the molecule is COc1ccc([C@@H]2[C@@H](C)C2(F)Br)cc1. The van der Waals surface area contributed by atoms with E-state index < -0.39 is 4.58 Å². The van der Waals surface area contributed by atoms with Gasteiger partial charge in [0.2, 0.25) is 0 Å². The van der Waals surface area contributed by atoms with Crippen molar-refractivity contribution in [3.63, 3.8) is 0 Å². The molecule has 1 nitrogen and oxygen atoms in total. The van der Waals surface area contributed by atoms with Gasteiger partial charge in [0.15, 0.2) is 4.58 Å². The van der Waals surface area contributed by atoms with Crippen LogP contribution in [0.3, 0.4) is 0 Å². The smallest absolute Gasteiger partial charge is 0.175 e. The molecule has 1 aromatic rings. The summed E-state index contributed by atoms with van der Waals surface area (Å²) in [5, 5.41) is 0. The molecule has 14 heavy (non-hydrogen) atoms. The van der Waals surface area contributed by atoms with Crippen LogP contribution in [-0.4, -0.2) is 11.7 Å². The van der Waals surface area contributed by atoms with Gasteiger partial charge in [-0.2, -0.15) is 0 Å². The molecule has 2 rings (SSSR count). The first-order valence-electron chi connectivity index (χ1n) is 4.59. The van der Waals surface area contributed by atoms with Crippen LogP contribution >= 0.6 is 15.9 Å². The lowest BCUT2D eigenvalue weighted by Crippen LogP contribution is -1.91. The molecule has 1 unspecified atom stereocenters. The summed E-state index contributed by atoms with van der Waals surface area (Å²) in [5.41, 5.74) is 1.03. The highest BCUT2D eigenvalue weighted by Crippen LogP contribution is 2.64. The van der Waals surface area contributed by atoms with Crippen molar-refractivity contribution in [1.82, 2.24) is 0 Å². The lowest BCUT2D eigenvalue weighted by molar-refractivity contribution is 0.412. The Morgan fingerprint density at radius 3 is 2.21 bits per heavy atom. The zero-order chi connectivity index (χ0) is 10.3. The predicted octanol–water partition coefficient (Wildman–Crippen LogP) is 3.49. The van der Waals surface area contributed by atoms with E-state index in [0.717, 1.165) is 11.3 Å². The molecule has 0 amide bonds. The van der Waals surface area contributed by atoms with Gasteiger partial charge in [-0.1, -0.05) is 19.1 Å². The average Bonchev–Trinajstić information content (AvgIpc) is 2.67. The lowest BCUT2D eigenvalue weighted by Gasteiger charge is -2.02. The first-order chi connectivity index (χ1) is 6.57. The van der Waals surface area contributed by atoms with Crippen molar-refractivity contribution >= 4 is 15.9 Å². The highest BCUT2D eigenvalue weighted by atomic mass is 79.9. The predicted molar refractivity (Wildman–Crippen MR) is 57.7 cm³/mol. The fourth-order valence-corrected chi connectivity index (χ4v) is 2.59. The molecular weight excluding hydrogens is 247 g/mol. The van der Waals surface area contributed by atoms with E-state index in [0.29, 0.717) is 0 Å². The molecule has 0 spiro atoms. The summed E-state index contributed by atoms with van der Waals surface area (Å²) in [6, 6.07) is 7.57. The molecule has 0 heterocycles. The highest BCUT2D eigenvalue weighted by molar-refractivity contribution is 9.10. The summed E-state index contributed by atoms with van der Waals surface area (Å²) < 4.78 is 17.4. The van der Waals surface area contributed by atoms with Crippen molar-refractivity contribution in [2.45, 2.75) is 17.4 Å². The Hall–Kier alpha value is -0.570. The topological polar surface area (TPSA) is 9.23 Å². The Morgan fingerprint density at radius 2 is 1.86 bits per heavy atom. The van der Waals surface area contributed by atoms with E-state index >= 15 is 0 Å². The minimum atomic E-state index is -1.21. The maximum Gasteiger partial charge on any atom is 0.175 e. The quantitative estimate of drug-likeness (QED) is 0.739. The molecule has 1 aliphatic rings. The van der Waals surface area contributed by atoms with Crippen LogP contribution in [0, 0.1) is 5.92 Å². The third kappa shape index (κ3) is 1.44. The van der Waals surface area contributed by atoms with Crippen LogP contribution in [-0.2, 0) is 0 Å². The van der Waals surface area contributed by atoms with Gasteiger partial charge in [-0.05, 0) is 33.6 Å². The fraction of sp³-hybridized carbons (Fsp3) is 0.455. The van der Waals surface area contributed by atoms with Gasteiger partial charge < -0.3 is 4.74 Å². The fourth-order valence-electron chi connectivity index (χ4n) is 1.80. The molecule has 0 N–H and O–H groups in total. The van der Waals surface area contributed by atoms with Gasteiger partial charge in [-0.3, -0.25) is 0 Å². The zero-order valence-corrected chi connectivity index (χ0v) is 9.71. The summed E-state index contributed by atoms with van der Waals surface area (Å²) in [5.74, 6) is 0.838. The Balaban J connectivity index is 2.20. The Kier molecular flexibility index (Phi) is 2.30.